The molecule has 3 aromatic heterocycles. The molecule has 128 valence electrons. The third-order valence-corrected chi connectivity index (χ3v) is 3.30. The summed E-state index contributed by atoms with van der Waals surface area (Å²) in [6.07, 6.45) is 3.26. The van der Waals surface area contributed by atoms with Crippen LogP contribution in [0.2, 0.25) is 0 Å². The van der Waals surface area contributed by atoms with Crippen molar-refractivity contribution in [2.45, 2.75) is 19.9 Å². The highest BCUT2D eigenvalue weighted by molar-refractivity contribution is 5.91. The molecule has 1 amide bonds. The second kappa shape index (κ2) is 7.08. The van der Waals surface area contributed by atoms with Gasteiger partial charge in [0.1, 0.15) is 5.69 Å². The summed E-state index contributed by atoms with van der Waals surface area (Å²) in [4.78, 5) is 25.1. The van der Waals surface area contributed by atoms with Gasteiger partial charge < -0.3 is 10.1 Å². The minimum atomic E-state index is -0.340. The van der Waals surface area contributed by atoms with Gasteiger partial charge in [-0.05, 0) is 32.0 Å². The van der Waals surface area contributed by atoms with Crippen LogP contribution in [0.25, 0.3) is 17.2 Å². The molecule has 3 heterocycles. The molecule has 25 heavy (non-hydrogen) atoms. The van der Waals surface area contributed by atoms with Crippen molar-refractivity contribution in [2.75, 3.05) is 7.11 Å². The van der Waals surface area contributed by atoms with Gasteiger partial charge in [-0.1, -0.05) is 6.07 Å². The topological polar surface area (TPSA) is 94.8 Å². The van der Waals surface area contributed by atoms with Crippen molar-refractivity contribution in [1.29, 1.82) is 0 Å². The molecule has 0 atom stereocenters. The number of hydrogen-bond acceptors (Lipinski definition) is 6. The molecule has 0 unspecified atom stereocenters. The average molecular weight is 338 g/mol. The monoisotopic (exact) mass is 338 g/mol. The van der Waals surface area contributed by atoms with E-state index in [0.717, 1.165) is 0 Å². The first-order valence-electron chi connectivity index (χ1n) is 7.78. The summed E-state index contributed by atoms with van der Waals surface area (Å²) in [5.41, 5.74) is 1.26. The standard InChI is InChI=1S/C17H18N6O2/c1-11(2)20-17(24)15-21-16(13-6-4-5-9-18-13)23(22-15)12-7-8-14(25-3)19-10-12/h4-11H,1-3H3,(H,20,24). The van der Waals surface area contributed by atoms with Gasteiger partial charge in [0.05, 0.1) is 19.0 Å². The van der Waals surface area contributed by atoms with E-state index in [9.17, 15) is 4.79 Å². The maximum absolute atomic E-state index is 12.3. The molecule has 0 fully saturated rings. The van der Waals surface area contributed by atoms with Crippen LogP contribution < -0.4 is 10.1 Å². The number of carbonyl (C=O) groups is 1. The molecule has 0 spiro atoms. The maximum atomic E-state index is 12.3. The molecule has 0 bridgehead atoms. The molecule has 0 aliphatic heterocycles. The molecule has 8 nitrogen and oxygen atoms in total. The number of amides is 1. The minimum Gasteiger partial charge on any atom is -0.481 e. The highest BCUT2D eigenvalue weighted by Gasteiger charge is 2.20. The Hall–Kier alpha value is -3.29. The van der Waals surface area contributed by atoms with Gasteiger partial charge in [-0.3, -0.25) is 9.78 Å². The lowest BCUT2D eigenvalue weighted by Gasteiger charge is -2.06. The van der Waals surface area contributed by atoms with E-state index in [1.165, 1.54) is 0 Å². The van der Waals surface area contributed by atoms with E-state index in [-0.39, 0.29) is 17.8 Å². The van der Waals surface area contributed by atoms with Crippen LogP contribution in [-0.2, 0) is 0 Å². The lowest BCUT2D eigenvalue weighted by Crippen LogP contribution is -2.31. The number of ether oxygens (including phenoxy) is 1. The zero-order valence-corrected chi connectivity index (χ0v) is 14.2. The Labute approximate surface area is 144 Å². The van der Waals surface area contributed by atoms with Crippen molar-refractivity contribution >= 4 is 5.91 Å². The number of rotatable bonds is 5. The van der Waals surface area contributed by atoms with Gasteiger partial charge in [0.25, 0.3) is 5.91 Å². The normalized spacial score (nSPS) is 10.7. The van der Waals surface area contributed by atoms with Gasteiger partial charge in [-0.25, -0.2) is 14.6 Å². The van der Waals surface area contributed by atoms with Crippen molar-refractivity contribution < 1.29 is 9.53 Å². The van der Waals surface area contributed by atoms with Gasteiger partial charge in [0.2, 0.25) is 11.7 Å². The van der Waals surface area contributed by atoms with Crippen molar-refractivity contribution in [1.82, 2.24) is 30.0 Å². The van der Waals surface area contributed by atoms with Crippen LogP contribution in [0, 0.1) is 0 Å². The number of nitrogens with zero attached hydrogens (tertiary/aromatic N) is 5. The smallest absolute Gasteiger partial charge is 0.291 e. The summed E-state index contributed by atoms with van der Waals surface area (Å²) < 4.78 is 6.62. The van der Waals surface area contributed by atoms with Crippen molar-refractivity contribution in [3.8, 4) is 23.1 Å². The largest absolute Gasteiger partial charge is 0.481 e. The first kappa shape index (κ1) is 16.6. The quantitative estimate of drug-likeness (QED) is 0.763. The molecule has 0 aliphatic carbocycles. The summed E-state index contributed by atoms with van der Waals surface area (Å²) >= 11 is 0. The zero-order chi connectivity index (χ0) is 17.8. The van der Waals surface area contributed by atoms with Crippen LogP contribution in [0.15, 0.2) is 42.7 Å². The van der Waals surface area contributed by atoms with E-state index in [2.05, 4.69) is 25.4 Å². The first-order valence-corrected chi connectivity index (χ1v) is 7.78. The highest BCUT2D eigenvalue weighted by Crippen LogP contribution is 2.20. The first-order chi connectivity index (χ1) is 12.1. The Bertz CT molecular complexity index is 859. The van der Waals surface area contributed by atoms with E-state index in [1.807, 2.05) is 32.0 Å². The maximum Gasteiger partial charge on any atom is 0.291 e. The Morgan fingerprint density at radius 1 is 1.20 bits per heavy atom. The number of nitrogens with one attached hydrogen (secondary N) is 1. The van der Waals surface area contributed by atoms with E-state index >= 15 is 0 Å². The fourth-order valence-corrected chi connectivity index (χ4v) is 2.19. The van der Waals surface area contributed by atoms with Gasteiger partial charge in [0.15, 0.2) is 5.82 Å². The SMILES string of the molecule is COc1ccc(-n2nc(C(=O)NC(C)C)nc2-c2ccccn2)cn1. The molecular formula is C17H18N6O2. The summed E-state index contributed by atoms with van der Waals surface area (Å²) in [5, 5.41) is 7.13. The molecular weight excluding hydrogens is 320 g/mol. The summed E-state index contributed by atoms with van der Waals surface area (Å²) in [6.45, 7) is 3.75. The van der Waals surface area contributed by atoms with Crippen molar-refractivity contribution in [3.05, 3.63) is 48.5 Å². The van der Waals surface area contributed by atoms with Gasteiger partial charge in [0, 0.05) is 18.3 Å². The second-order valence-electron chi connectivity index (χ2n) is 5.57. The molecule has 1 N–H and O–H groups in total. The van der Waals surface area contributed by atoms with Crippen molar-refractivity contribution in [2.24, 2.45) is 0 Å². The third-order valence-electron chi connectivity index (χ3n) is 3.30. The number of methoxy groups -OCH3 is 1. The molecule has 0 radical (unpaired) electrons. The predicted molar refractivity (Wildman–Crippen MR) is 91.5 cm³/mol. The molecule has 0 aliphatic rings. The van der Waals surface area contributed by atoms with Crippen LogP contribution in [0.4, 0.5) is 0 Å². The van der Waals surface area contributed by atoms with Gasteiger partial charge >= 0.3 is 0 Å². The van der Waals surface area contributed by atoms with E-state index < -0.39 is 0 Å². The molecule has 3 aromatic rings. The molecule has 3 rings (SSSR count). The molecule has 0 saturated carbocycles. The fourth-order valence-electron chi connectivity index (χ4n) is 2.19. The van der Waals surface area contributed by atoms with E-state index in [0.29, 0.717) is 23.1 Å². The molecule has 0 aromatic carbocycles. The van der Waals surface area contributed by atoms with Crippen LogP contribution in [0.1, 0.15) is 24.5 Å². The summed E-state index contributed by atoms with van der Waals surface area (Å²) in [7, 11) is 1.55. The van der Waals surface area contributed by atoms with Crippen molar-refractivity contribution in [3.63, 3.8) is 0 Å². The lowest BCUT2D eigenvalue weighted by molar-refractivity contribution is 0.0932. The van der Waals surface area contributed by atoms with Crippen LogP contribution >= 0.6 is 0 Å². The van der Waals surface area contributed by atoms with E-state index in [4.69, 9.17) is 4.74 Å². The molecule has 8 heteroatoms. The number of carbonyl (C=O) groups excluding carboxylic acids is 1. The summed E-state index contributed by atoms with van der Waals surface area (Å²) in [6, 6.07) is 8.96. The number of pyridine rings is 2. The number of hydrogen-bond donors (Lipinski definition) is 1. The van der Waals surface area contributed by atoms with Crippen LogP contribution in [-0.4, -0.2) is 43.8 Å². The molecule has 0 saturated heterocycles. The van der Waals surface area contributed by atoms with Crippen LogP contribution in [0.3, 0.4) is 0 Å². The van der Waals surface area contributed by atoms with Gasteiger partial charge in [-0.2, -0.15) is 0 Å². The third kappa shape index (κ3) is 3.63. The Morgan fingerprint density at radius 2 is 2.04 bits per heavy atom. The summed E-state index contributed by atoms with van der Waals surface area (Å²) in [5.74, 6) is 0.681. The zero-order valence-electron chi connectivity index (χ0n) is 14.2. The van der Waals surface area contributed by atoms with Crippen LogP contribution in [0.5, 0.6) is 5.88 Å². The minimum absolute atomic E-state index is 0.0135. The average Bonchev–Trinajstić information content (AvgIpc) is 3.07. The second-order valence-corrected chi connectivity index (χ2v) is 5.57. The Morgan fingerprint density at radius 3 is 2.64 bits per heavy atom. The highest BCUT2D eigenvalue weighted by atomic mass is 16.5. The lowest BCUT2D eigenvalue weighted by atomic mass is 10.3. The Balaban J connectivity index is 2.08. The van der Waals surface area contributed by atoms with E-state index in [1.54, 1.807) is 36.3 Å². The fraction of sp³-hybridized carbons (Fsp3) is 0.235. The number of aromatic nitrogens is 5. The van der Waals surface area contributed by atoms with Gasteiger partial charge in [-0.15, -0.1) is 5.10 Å². The Kier molecular flexibility index (Phi) is 4.69. The predicted octanol–water partition coefficient (Wildman–Crippen LogP) is 1.87.